The van der Waals surface area contributed by atoms with Crippen molar-refractivity contribution in [1.82, 2.24) is 0 Å². The van der Waals surface area contributed by atoms with Gasteiger partial charge in [0, 0.05) is 18.9 Å². The minimum absolute atomic E-state index is 0.116. The molecule has 0 fully saturated rings. The van der Waals surface area contributed by atoms with Gasteiger partial charge in [-0.15, -0.1) is 0 Å². The summed E-state index contributed by atoms with van der Waals surface area (Å²) < 4.78 is 16.3. The van der Waals surface area contributed by atoms with Gasteiger partial charge < -0.3 is 19.5 Å². The van der Waals surface area contributed by atoms with E-state index in [0.29, 0.717) is 30.4 Å². The van der Waals surface area contributed by atoms with Gasteiger partial charge in [-0.05, 0) is 12.1 Å². The number of methoxy groups -OCH3 is 1. The topological polar surface area (TPSA) is 111 Å². The number of hydrogen-bond acceptors (Lipinski definition) is 7. The van der Waals surface area contributed by atoms with Crippen molar-refractivity contribution in [3.63, 3.8) is 0 Å². The number of nitrogens with one attached hydrogen (secondary N) is 1. The third kappa shape index (κ3) is 3.27. The fourth-order valence-corrected chi connectivity index (χ4v) is 1.89. The maximum atomic E-state index is 9.03. The Labute approximate surface area is 127 Å². The van der Waals surface area contributed by atoms with Gasteiger partial charge in [0.05, 0.1) is 6.61 Å². The van der Waals surface area contributed by atoms with Crippen LogP contribution in [-0.4, -0.2) is 26.4 Å². The summed E-state index contributed by atoms with van der Waals surface area (Å²) in [5.41, 5.74) is 0.115. The van der Waals surface area contributed by atoms with Crippen LogP contribution in [-0.2, 0) is 4.74 Å². The van der Waals surface area contributed by atoms with Gasteiger partial charge >= 0.3 is 0 Å². The van der Waals surface area contributed by atoms with E-state index in [0.717, 1.165) is 0 Å². The average Bonchev–Trinajstić information content (AvgIpc) is 2.55. The average molecular weight is 296 g/mol. The standard InChI is InChI=1S/C15H12N4O3/c1-20-8-12-9-21-14-3-2-11(4-15(14)22-12)19-13(7-18)10(5-16)6-17/h2-4,12,19H,8-9H2,1H3. The number of anilines is 1. The van der Waals surface area contributed by atoms with E-state index in [4.69, 9.17) is 30.0 Å². The van der Waals surface area contributed by atoms with Gasteiger partial charge in [0.2, 0.25) is 0 Å². The molecule has 0 aliphatic carbocycles. The third-order valence-corrected chi connectivity index (χ3v) is 2.87. The van der Waals surface area contributed by atoms with E-state index in [9.17, 15) is 0 Å². The molecular weight excluding hydrogens is 284 g/mol. The Balaban J connectivity index is 2.24. The molecule has 0 amide bonds. The molecule has 1 aliphatic heterocycles. The molecule has 1 aromatic carbocycles. The van der Waals surface area contributed by atoms with Crippen molar-refractivity contribution in [3.05, 3.63) is 29.5 Å². The molecule has 0 saturated heterocycles. The third-order valence-electron chi connectivity index (χ3n) is 2.87. The van der Waals surface area contributed by atoms with Crippen molar-refractivity contribution in [2.75, 3.05) is 25.6 Å². The zero-order chi connectivity index (χ0) is 15.9. The first-order chi connectivity index (χ1) is 10.7. The van der Waals surface area contributed by atoms with Gasteiger partial charge in [-0.1, -0.05) is 0 Å². The van der Waals surface area contributed by atoms with Crippen molar-refractivity contribution in [3.8, 4) is 29.7 Å². The molecule has 1 unspecified atom stereocenters. The van der Waals surface area contributed by atoms with Crippen molar-refractivity contribution in [2.45, 2.75) is 6.10 Å². The quantitative estimate of drug-likeness (QED) is 0.842. The van der Waals surface area contributed by atoms with Crippen LogP contribution in [0.15, 0.2) is 29.5 Å². The van der Waals surface area contributed by atoms with Crippen LogP contribution in [0.5, 0.6) is 11.5 Å². The molecule has 1 atom stereocenters. The number of rotatable bonds is 4. The van der Waals surface area contributed by atoms with Crippen LogP contribution >= 0.6 is 0 Å². The Kier molecular flexibility index (Phi) is 4.82. The Morgan fingerprint density at radius 2 is 2.05 bits per heavy atom. The van der Waals surface area contributed by atoms with Crippen molar-refractivity contribution < 1.29 is 14.2 Å². The van der Waals surface area contributed by atoms with Gasteiger partial charge in [0.25, 0.3) is 0 Å². The normalized spacial score (nSPS) is 14.9. The van der Waals surface area contributed by atoms with E-state index < -0.39 is 0 Å². The van der Waals surface area contributed by atoms with Gasteiger partial charge in [-0.3, -0.25) is 0 Å². The first-order valence-corrected chi connectivity index (χ1v) is 6.35. The Hall–Kier alpha value is -3.21. The Morgan fingerprint density at radius 3 is 2.68 bits per heavy atom. The first kappa shape index (κ1) is 15.2. The summed E-state index contributed by atoms with van der Waals surface area (Å²) >= 11 is 0. The van der Waals surface area contributed by atoms with Crippen LogP contribution in [0.3, 0.4) is 0 Å². The molecule has 22 heavy (non-hydrogen) atoms. The highest BCUT2D eigenvalue weighted by molar-refractivity contribution is 5.62. The number of hydrogen-bond donors (Lipinski definition) is 1. The zero-order valence-electron chi connectivity index (χ0n) is 11.8. The lowest BCUT2D eigenvalue weighted by Gasteiger charge is -2.26. The van der Waals surface area contributed by atoms with Gasteiger partial charge in [0.1, 0.15) is 30.5 Å². The van der Waals surface area contributed by atoms with Gasteiger partial charge in [-0.2, -0.15) is 15.8 Å². The summed E-state index contributed by atoms with van der Waals surface area (Å²) in [5, 5.41) is 29.4. The van der Waals surface area contributed by atoms with Crippen LogP contribution < -0.4 is 14.8 Å². The van der Waals surface area contributed by atoms with Gasteiger partial charge in [-0.25, -0.2) is 0 Å². The minimum Gasteiger partial charge on any atom is -0.486 e. The number of benzene rings is 1. The first-order valence-electron chi connectivity index (χ1n) is 6.35. The van der Waals surface area contributed by atoms with Crippen LogP contribution in [0.1, 0.15) is 0 Å². The second-order valence-electron chi connectivity index (χ2n) is 4.38. The van der Waals surface area contributed by atoms with Crippen LogP contribution in [0, 0.1) is 34.0 Å². The number of nitrogens with zero attached hydrogens (tertiary/aromatic N) is 3. The van der Waals surface area contributed by atoms with E-state index in [1.54, 1.807) is 43.5 Å². The molecule has 1 aromatic rings. The number of fused-ring (bicyclic) bond motifs is 1. The SMILES string of the molecule is COCC1COc2ccc(NC(C#N)=C(C#N)C#N)cc2O1. The maximum absolute atomic E-state index is 9.03. The summed E-state index contributed by atoms with van der Waals surface area (Å²) in [7, 11) is 1.58. The second kappa shape index (κ2) is 6.99. The molecule has 2 rings (SSSR count). The Morgan fingerprint density at radius 1 is 1.27 bits per heavy atom. The van der Waals surface area contributed by atoms with E-state index >= 15 is 0 Å². The zero-order valence-corrected chi connectivity index (χ0v) is 11.8. The summed E-state index contributed by atoms with van der Waals surface area (Å²) in [5.74, 6) is 1.09. The number of ether oxygens (including phenoxy) is 3. The van der Waals surface area contributed by atoms with Crippen LogP contribution in [0.2, 0.25) is 0 Å². The summed E-state index contributed by atoms with van der Waals surface area (Å²) in [4.78, 5) is 0. The van der Waals surface area contributed by atoms with E-state index in [1.165, 1.54) is 0 Å². The van der Waals surface area contributed by atoms with Crippen molar-refractivity contribution in [2.24, 2.45) is 0 Å². The molecule has 0 saturated carbocycles. The predicted molar refractivity (Wildman–Crippen MR) is 75.7 cm³/mol. The molecular formula is C15H12N4O3. The fourth-order valence-electron chi connectivity index (χ4n) is 1.89. The molecule has 1 aliphatic rings. The Bertz CT molecular complexity index is 706. The molecule has 0 radical (unpaired) electrons. The van der Waals surface area contributed by atoms with E-state index in [1.807, 2.05) is 0 Å². The molecule has 110 valence electrons. The molecule has 0 aromatic heterocycles. The number of allylic oxidation sites excluding steroid dienone is 2. The lowest BCUT2D eigenvalue weighted by molar-refractivity contribution is 0.0273. The molecule has 1 N–H and O–H groups in total. The second-order valence-corrected chi connectivity index (χ2v) is 4.38. The molecule has 0 spiro atoms. The van der Waals surface area contributed by atoms with Gasteiger partial charge in [0.15, 0.2) is 23.2 Å². The molecule has 7 heteroatoms. The summed E-state index contributed by atoms with van der Waals surface area (Å²) in [6, 6.07) is 10.1. The van der Waals surface area contributed by atoms with E-state index in [2.05, 4.69) is 5.32 Å². The molecule has 7 nitrogen and oxygen atoms in total. The lowest BCUT2D eigenvalue weighted by Crippen LogP contribution is -2.32. The smallest absolute Gasteiger partial charge is 0.163 e. The minimum atomic E-state index is -0.283. The largest absolute Gasteiger partial charge is 0.486 e. The fraction of sp³-hybridized carbons (Fsp3) is 0.267. The summed E-state index contributed by atoms with van der Waals surface area (Å²) in [6.45, 7) is 0.789. The highest BCUT2D eigenvalue weighted by Crippen LogP contribution is 2.34. The summed E-state index contributed by atoms with van der Waals surface area (Å²) in [6.07, 6.45) is -0.215. The van der Waals surface area contributed by atoms with Crippen LogP contribution in [0.25, 0.3) is 0 Å². The van der Waals surface area contributed by atoms with E-state index in [-0.39, 0.29) is 17.4 Å². The van der Waals surface area contributed by atoms with Crippen molar-refractivity contribution >= 4 is 5.69 Å². The lowest BCUT2D eigenvalue weighted by atomic mass is 10.2. The molecule has 1 heterocycles. The van der Waals surface area contributed by atoms with Crippen LogP contribution in [0.4, 0.5) is 5.69 Å². The highest BCUT2D eigenvalue weighted by atomic mass is 16.6. The monoisotopic (exact) mass is 296 g/mol. The predicted octanol–water partition coefficient (Wildman–Crippen LogP) is 1.71. The highest BCUT2D eigenvalue weighted by Gasteiger charge is 2.21. The maximum Gasteiger partial charge on any atom is 0.163 e. The molecule has 0 bridgehead atoms. The van der Waals surface area contributed by atoms with Crippen molar-refractivity contribution in [1.29, 1.82) is 15.8 Å². The number of nitriles is 3.